The van der Waals surface area contributed by atoms with E-state index in [2.05, 4.69) is 50.2 Å². The predicted octanol–water partition coefficient (Wildman–Crippen LogP) is 3.09. The van der Waals surface area contributed by atoms with Gasteiger partial charge in [-0.15, -0.1) is 0 Å². The molecule has 2 atom stereocenters. The van der Waals surface area contributed by atoms with Crippen LogP contribution in [0.25, 0.3) is 0 Å². The quantitative estimate of drug-likeness (QED) is 0.733. The number of hydrogen-bond donors (Lipinski definition) is 2. The third kappa shape index (κ3) is 4.40. The molecule has 0 unspecified atom stereocenters. The van der Waals surface area contributed by atoms with Gasteiger partial charge in [-0.3, -0.25) is 9.69 Å². The van der Waals surface area contributed by atoms with Crippen LogP contribution in [-0.2, 0) is 4.79 Å². The molecule has 1 amide bonds. The maximum absolute atomic E-state index is 12.1. The second kappa shape index (κ2) is 8.01. The maximum atomic E-state index is 12.1. The summed E-state index contributed by atoms with van der Waals surface area (Å²) in [7, 11) is 1.74. The van der Waals surface area contributed by atoms with E-state index >= 15 is 0 Å². The van der Waals surface area contributed by atoms with Crippen LogP contribution in [-0.4, -0.2) is 49.1 Å². The summed E-state index contributed by atoms with van der Waals surface area (Å²) in [6, 6.07) is 0.836. The standard InChI is InChI=1S/C20H37N3O/c1-14(2)23-13-16(12-18(23)19(24)21-6)22-11-9-17-15(3)8-7-10-20(17,4)5/h14,16,18,22H,7-13H2,1-6H3,(H,21,24)/t16-,18+/m1/s1. The Bertz CT molecular complexity index is 481. The van der Waals surface area contributed by atoms with E-state index in [1.54, 1.807) is 18.2 Å². The Morgan fingerprint density at radius 3 is 2.67 bits per heavy atom. The Kier molecular flexibility index (Phi) is 6.49. The van der Waals surface area contributed by atoms with Crippen molar-refractivity contribution in [2.45, 2.75) is 84.8 Å². The highest BCUT2D eigenvalue weighted by molar-refractivity contribution is 5.81. The SMILES string of the molecule is CNC(=O)[C@@H]1C[C@@H](NCCC2=C(C)CCCC2(C)C)CN1C(C)C. The zero-order valence-electron chi connectivity index (χ0n) is 16.5. The average molecular weight is 336 g/mol. The summed E-state index contributed by atoms with van der Waals surface area (Å²) in [6.07, 6.45) is 5.96. The van der Waals surface area contributed by atoms with Gasteiger partial charge in [0.05, 0.1) is 6.04 Å². The molecule has 2 rings (SSSR count). The first-order valence-corrected chi connectivity index (χ1v) is 9.66. The number of hydrogen-bond acceptors (Lipinski definition) is 3. The molecule has 4 nitrogen and oxygen atoms in total. The van der Waals surface area contributed by atoms with Gasteiger partial charge in [-0.2, -0.15) is 0 Å². The van der Waals surface area contributed by atoms with Crippen molar-refractivity contribution in [1.82, 2.24) is 15.5 Å². The molecule has 1 heterocycles. The van der Waals surface area contributed by atoms with Crippen molar-refractivity contribution in [2.75, 3.05) is 20.1 Å². The van der Waals surface area contributed by atoms with Gasteiger partial charge < -0.3 is 10.6 Å². The van der Waals surface area contributed by atoms with Crippen LogP contribution in [0.15, 0.2) is 11.1 Å². The van der Waals surface area contributed by atoms with E-state index in [1.165, 1.54) is 19.3 Å². The molecule has 0 radical (unpaired) electrons. The topological polar surface area (TPSA) is 44.4 Å². The molecule has 0 aromatic carbocycles. The van der Waals surface area contributed by atoms with E-state index < -0.39 is 0 Å². The Morgan fingerprint density at radius 2 is 2.08 bits per heavy atom. The Balaban J connectivity index is 1.90. The summed E-state index contributed by atoms with van der Waals surface area (Å²) >= 11 is 0. The van der Waals surface area contributed by atoms with Crippen molar-refractivity contribution in [1.29, 1.82) is 0 Å². The van der Waals surface area contributed by atoms with Gasteiger partial charge in [0, 0.05) is 25.7 Å². The van der Waals surface area contributed by atoms with Crippen molar-refractivity contribution in [3.05, 3.63) is 11.1 Å². The second-order valence-corrected chi connectivity index (χ2v) is 8.55. The molecule has 0 saturated carbocycles. The van der Waals surface area contributed by atoms with Crippen LogP contribution >= 0.6 is 0 Å². The number of allylic oxidation sites excluding steroid dienone is 1. The van der Waals surface area contributed by atoms with Crippen LogP contribution in [0.1, 0.15) is 66.7 Å². The van der Waals surface area contributed by atoms with E-state index in [-0.39, 0.29) is 11.9 Å². The molecule has 0 aromatic heterocycles. The van der Waals surface area contributed by atoms with Gasteiger partial charge >= 0.3 is 0 Å². The number of nitrogens with zero attached hydrogens (tertiary/aromatic N) is 1. The number of nitrogens with one attached hydrogen (secondary N) is 2. The van der Waals surface area contributed by atoms with Crippen LogP contribution in [0.2, 0.25) is 0 Å². The van der Waals surface area contributed by atoms with Gasteiger partial charge in [0.25, 0.3) is 0 Å². The minimum absolute atomic E-state index is 0.0135. The van der Waals surface area contributed by atoms with Gasteiger partial charge in [-0.05, 0) is 64.8 Å². The summed E-state index contributed by atoms with van der Waals surface area (Å²) in [5, 5.41) is 6.55. The highest BCUT2D eigenvalue weighted by Crippen LogP contribution is 2.41. The van der Waals surface area contributed by atoms with E-state index in [4.69, 9.17) is 0 Å². The minimum Gasteiger partial charge on any atom is -0.358 e. The third-order valence-electron chi connectivity index (χ3n) is 6.05. The molecule has 1 aliphatic heterocycles. The molecule has 1 aliphatic carbocycles. The molecule has 1 fully saturated rings. The van der Waals surface area contributed by atoms with Gasteiger partial charge in [-0.25, -0.2) is 0 Å². The molecule has 0 bridgehead atoms. The number of amides is 1. The first kappa shape index (κ1) is 19.5. The van der Waals surface area contributed by atoms with Gasteiger partial charge in [-0.1, -0.05) is 25.0 Å². The van der Waals surface area contributed by atoms with E-state index in [0.29, 0.717) is 17.5 Å². The van der Waals surface area contributed by atoms with Crippen LogP contribution < -0.4 is 10.6 Å². The lowest BCUT2D eigenvalue weighted by molar-refractivity contribution is -0.125. The fraction of sp³-hybridized carbons (Fsp3) is 0.850. The molecule has 2 aliphatic rings. The second-order valence-electron chi connectivity index (χ2n) is 8.55. The van der Waals surface area contributed by atoms with E-state index in [9.17, 15) is 4.79 Å². The Hall–Kier alpha value is -0.870. The van der Waals surface area contributed by atoms with Crippen molar-refractivity contribution >= 4 is 5.91 Å². The molecule has 2 N–H and O–H groups in total. The minimum atomic E-state index is 0.0135. The highest BCUT2D eigenvalue weighted by Gasteiger charge is 2.37. The summed E-state index contributed by atoms with van der Waals surface area (Å²) in [4.78, 5) is 14.5. The average Bonchev–Trinajstić information content (AvgIpc) is 2.93. The fourth-order valence-electron chi connectivity index (χ4n) is 4.63. The van der Waals surface area contributed by atoms with Crippen LogP contribution in [0.5, 0.6) is 0 Å². The smallest absolute Gasteiger partial charge is 0.237 e. The zero-order chi connectivity index (χ0) is 17.9. The molecule has 4 heteroatoms. The first-order valence-electron chi connectivity index (χ1n) is 9.66. The van der Waals surface area contributed by atoms with Crippen LogP contribution in [0, 0.1) is 5.41 Å². The molecule has 0 aromatic rings. The lowest BCUT2D eigenvalue weighted by atomic mass is 9.71. The molecular formula is C20H37N3O. The lowest BCUT2D eigenvalue weighted by Crippen LogP contribution is -2.45. The van der Waals surface area contributed by atoms with Crippen molar-refractivity contribution in [3.63, 3.8) is 0 Å². The molecule has 0 spiro atoms. The summed E-state index contributed by atoms with van der Waals surface area (Å²) in [6.45, 7) is 13.4. The largest absolute Gasteiger partial charge is 0.358 e. The Morgan fingerprint density at radius 1 is 1.38 bits per heavy atom. The van der Waals surface area contributed by atoms with Crippen molar-refractivity contribution in [3.8, 4) is 0 Å². The number of likely N-dealkylation sites (N-methyl/N-ethyl adjacent to an activating group) is 1. The Labute approximate surface area is 148 Å². The van der Waals surface area contributed by atoms with Gasteiger partial charge in [0.15, 0.2) is 0 Å². The van der Waals surface area contributed by atoms with Gasteiger partial charge in [0.2, 0.25) is 5.91 Å². The van der Waals surface area contributed by atoms with E-state index in [1.807, 2.05) is 0 Å². The zero-order valence-corrected chi connectivity index (χ0v) is 16.5. The predicted molar refractivity (Wildman–Crippen MR) is 101 cm³/mol. The summed E-state index contributed by atoms with van der Waals surface area (Å²) in [5.74, 6) is 0.153. The number of carbonyl (C=O) groups excluding carboxylic acids is 1. The molecule has 24 heavy (non-hydrogen) atoms. The number of carbonyl (C=O) groups is 1. The fourth-order valence-corrected chi connectivity index (χ4v) is 4.63. The van der Waals surface area contributed by atoms with Gasteiger partial charge in [0.1, 0.15) is 0 Å². The maximum Gasteiger partial charge on any atom is 0.237 e. The number of likely N-dealkylation sites (tertiary alicyclic amines) is 1. The van der Waals surface area contributed by atoms with Crippen LogP contribution in [0.4, 0.5) is 0 Å². The van der Waals surface area contributed by atoms with E-state index in [0.717, 1.165) is 25.9 Å². The normalized spacial score (nSPS) is 27.8. The summed E-state index contributed by atoms with van der Waals surface area (Å²) < 4.78 is 0. The van der Waals surface area contributed by atoms with Crippen molar-refractivity contribution in [2.24, 2.45) is 5.41 Å². The third-order valence-corrected chi connectivity index (χ3v) is 6.05. The molecule has 138 valence electrons. The first-order chi connectivity index (χ1) is 11.3. The molecule has 1 saturated heterocycles. The lowest BCUT2D eigenvalue weighted by Gasteiger charge is -2.35. The highest BCUT2D eigenvalue weighted by atomic mass is 16.2. The summed E-state index contributed by atoms with van der Waals surface area (Å²) in [5.41, 5.74) is 3.61. The number of rotatable bonds is 6. The monoisotopic (exact) mass is 335 g/mol. The van der Waals surface area contributed by atoms with Crippen molar-refractivity contribution < 1.29 is 4.79 Å². The van der Waals surface area contributed by atoms with Crippen LogP contribution in [0.3, 0.4) is 0 Å². The molecular weight excluding hydrogens is 298 g/mol.